The highest BCUT2D eigenvalue weighted by Crippen LogP contribution is 2.05. The van der Waals surface area contributed by atoms with E-state index in [9.17, 15) is 9.59 Å². The third-order valence-corrected chi connectivity index (χ3v) is 2.63. The third kappa shape index (κ3) is 3.51. The van der Waals surface area contributed by atoms with Gasteiger partial charge in [-0.3, -0.25) is 9.59 Å². The summed E-state index contributed by atoms with van der Waals surface area (Å²) in [6.45, 7) is 4.29. The van der Waals surface area contributed by atoms with E-state index in [0.717, 1.165) is 6.42 Å². The Balaban J connectivity index is 2.25. The van der Waals surface area contributed by atoms with Gasteiger partial charge in [-0.25, -0.2) is 0 Å². The SMILES string of the molecule is CC(C)[C@@H](N)C(=O)NCC1CCC(=O)N1. The van der Waals surface area contributed by atoms with E-state index in [1.807, 2.05) is 13.8 Å². The molecule has 1 fully saturated rings. The molecule has 2 amide bonds. The summed E-state index contributed by atoms with van der Waals surface area (Å²) >= 11 is 0. The van der Waals surface area contributed by atoms with Crippen molar-refractivity contribution in [1.29, 1.82) is 0 Å². The largest absolute Gasteiger partial charge is 0.353 e. The minimum Gasteiger partial charge on any atom is -0.353 e. The van der Waals surface area contributed by atoms with Gasteiger partial charge in [0.1, 0.15) is 0 Å². The molecule has 1 heterocycles. The van der Waals surface area contributed by atoms with Gasteiger partial charge < -0.3 is 16.4 Å². The Kier molecular flexibility index (Phi) is 4.08. The van der Waals surface area contributed by atoms with E-state index in [4.69, 9.17) is 5.73 Å². The Morgan fingerprint density at radius 2 is 2.33 bits per heavy atom. The van der Waals surface area contributed by atoms with E-state index >= 15 is 0 Å². The van der Waals surface area contributed by atoms with Gasteiger partial charge in [0.25, 0.3) is 0 Å². The molecule has 1 saturated heterocycles. The Bertz CT molecular complexity index is 253. The summed E-state index contributed by atoms with van der Waals surface area (Å²) < 4.78 is 0. The van der Waals surface area contributed by atoms with E-state index in [1.165, 1.54) is 0 Å². The molecule has 0 aliphatic carbocycles. The van der Waals surface area contributed by atoms with Gasteiger partial charge in [0, 0.05) is 19.0 Å². The first kappa shape index (κ1) is 12.0. The molecule has 5 heteroatoms. The molecule has 1 aliphatic rings. The van der Waals surface area contributed by atoms with Crippen molar-refractivity contribution < 1.29 is 9.59 Å². The van der Waals surface area contributed by atoms with E-state index in [1.54, 1.807) is 0 Å². The van der Waals surface area contributed by atoms with Gasteiger partial charge in [0.05, 0.1) is 6.04 Å². The van der Waals surface area contributed by atoms with Crippen molar-refractivity contribution in [2.24, 2.45) is 11.7 Å². The molecule has 0 bridgehead atoms. The first-order chi connectivity index (χ1) is 7.00. The lowest BCUT2D eigenvalue weighted by Crippen LogP contribution is -2.47. The maximum Gasteiger partial charge on any atom is 0.237 e. The number of hydrogen-bond donors (Lipinski definition) is 3. The molecule has 2 atom stereocenters. The van der Waals surface area contributed by atoms with Crippen molar-refractivity contribution in [3.63, 3.8) is 0 Å². The molecule has 1 unspecified atom stereocenters. The van der Waals surface area contributed by atoms with Crippen LogP contribution in [0.15, 0.2) is 0 Å². The van der Waals surface area contributed by atoms with Crippen molar-refractivity contribution in [1.82, 2.24) is 10.6 Å². The molecule has 0 aromatic heterocycles. The Labute approximate surface area is 89.8 Å². The molecule has 0 spiro atoms. The van der Waals surface area contributed by atoms with Crippen LogP contribution in [0.1, 0.15) is 26.7 Å². The summed E-state index contributed by atoms with van der Waals surface area (Å²) in [5.74, 6) is 0.0386. The molecule has 1 rings (SSSR count). The van der Waals surface area contributed by atoms with Crippen molar-refractivity contribution in [2.75, 3.05) is 6.54 Å². The molecule has 1 aliphatic heterocycles. The van der Waals surface area contributed by atoms with Crippen molar-refractivity contribution in [3.8, 4) is 0 Å². The van der Waals surface area contributed by atoms with Crippen LogP contribution in [0.2, 0.25) is 0 Å². The minimum absolute atomic E-state index is 0.0578. The average Bonchev–Trinajstić information content (AvgIpc) is 2.59. The second-order valence-corrected chi connectivity index (χ2v) is 4.32. The van der Waals surface area contributed by atoms with Crippen LogP contribution in [0.4, 0.5) is 0 Å². The monoisotopic (exact) mass is 213 g/mol. The van der Waals surface area contributed by atoms with E-state index in [0.29, 0.717) is 13.0 Å². The molecule has 4 N–H and O–H groups in total. The lowest BCUT2D eigenvalue weighted by molar-refractivity contribution is -0.123. The Hall–Kier alpha value is -1.10. The second-order valence-electron chi connectivity index (χ2n) is 4.32. The van der Waals surface area contributed by atoms with E-state index in [-0.39, 0.29) is 23.8 Å². The smallest absolute Gasteiger partial charge is 0.237 e. The zero-order valence-corrected chi connectivity index (χ0v) is 9.25. The van der Waals surface area contributed by atoms with Crippen LogP contribution < -0.4 is 16.4 Å². The summed E-state index contributed by atoms with van der Waals surface area (Å²) in [6.07, 6.45) is 1.34. The van der Waals surface area contributed by atoms with Crippen molar-refractivity contribution in [2.45, 2.75) is 38.8 Å². The average molecular weight is 213 g/mol. The van der Waals surface area contributed by atoms with E-state index < -0.39 is 6.04 Å². The number of carbonyl (C=O) groups is 2. The van der Waals surface area contributed by atoms with Crippen LogP contribution in [-0.4, -0.2) is 30.4 Å². The van der Waals surface area contributed by atoms with Crippen LogP contribution in [-0.2, 0) is 9.59 Å². The molecule has 86 valence electrons. The molecule has 15 heavy (non-hydrogen) atoms. The number of amides is 2. The van der Waals surface area contributed by atoms with E-state index in [2.05, 4.69) is 10.6 Å². The first-order valence-electron chi connectivity index (χ1n) is 5.33. The summed E-state index contributed by atoms with van der Waals surface area (Å²) in [5, 5.41) is 5.53. The fraction of sp³-hybridized carbons (Fsp3) is 0.800. The predicted molar refractivity (Wildman–Crippen MR) is 57.0 cm³/mol. The molecule has 5 nitrogen and oxygen atoms in total. The van der Waals surface area contributed by atoms with Crippen LogP contribution in [0.25, 0.3) is 0 Å². The molecular formula is C10H19N3O2. The van der Waals surface area contributed by atoms with Crippen LogP contribution in [0, 0.1) is 5.92 Å². The standard InChI is InChI=1S/C10H19N3O2/c1-6(2)9(11)10(15)12-5-7-3-4-8(14)13-7/h6-7,9H,3-5,11H2,1-2H3,(H,12,15)(H,13,14)/t7?,9-/m1/s1. The molecular weight excluding hydrogens is 194 g/mol. The normalized spacial score (nSPS) is 22.7. The number of nitrogens with two attached hydrogens (primary N) is 1. The maximum absolute atomic E-state index is 11.5. The molecule has 0 radical (unpaired) electrons. The topological polar surface area (TPSA) is 84.2 Å². The molecule has 0 aromatic carbocycles. The fourth-order valence-electron chi connectivity index (χ4n) is 1.47. The van der Waals surface area contributed by atoms with Gasteiger partial charge in [-0.1, -0.05) is 13.8 Å². The Morgan fingerprint density at radius 1 is 1.67 bits per heavy atom. The summed E-state index contributed by atoms with van der Waals surface area (Å²) in [4.78, 5) is 22.4. The molecule has 0 saturated carbocycles. The lowest BCUT2D eigenvalue weighted by Gasteiger charge is -2.17. The first-order valence-corrected chi connectivity index (χ1v) is 5.33. The highest BCUT2D eigenvalue weighted by Gasteiger charge is 2.22. The maximum atomic E-state index is 11.5. The third-order valence-electron chi connectivity index (χ3n) is 2.63. The van der Waals surface area contributed by atoms with Crippen molar-refractivity contribution in [3.05, 3.63) is 0 Å². The van der Waals surface area contributed by atoms with Gasteiger partial charge in [-0.05, 0) is 12.3 Å². The molecule has 0 aromatic rings. The van der Waals surface area contributed by atoms with Crippen LogP contribution in [0.3, 0.4) is 0 Å². The highest BCUT2D eigenvalue weighted by molar-refractivity contribution is 5.82. The van der Waals surface area contributed by atoms with Gasteiger partial charge >= 0.3 is 0 Å². The number of nitrogens with one attached hydrogen (secondary N) is 2. The van der Waals surface area contributed by atoms with Crippen LogP contribution >= 0.6 is 0 Å². The predicted octanol–water partition coefficient (Wildman–Crippen LogP) is -0.635. The number of rotatable bonds is 4. The lowest BCUT2D eigenvalue weighted by atomic mass is 10.0. The highest BCUT2D eigenvalue weighted by atomic mass is 16.2. The zero-order valence-electron chi connectivity index (χ0n) is 9.25. The number of hydrogen-bond acceptors (Lipinski definition) is 3. The fourth-order valence-corrected chi connectivity index (χ4v) is 1.47. The van der Waals surface area contributed by atoms with Crippen LogP contribution in [0.5, 0.6) is 0 Å². The number of carbonyl (C=O) groups excluding carboxylic acids is 2. The summed E-state index contributed by atoms with van der Waals surface area (Å²) in [5.41, 5.74) is 5.67. The summed E-state index contributed by atoms with van der Waals surface area (Å²) in [6, 6.07) is -0.400. The zero-order chi connectivity index (χ0) is 11.4. The summed E-state index contributed by atoms with van der Waals surface area (Å²) in [7, 11) is 0. The minimum atomic E-state index is -0.470. The van der Waals surface area contributed by atoms with Crippen molar-refractivity contribution >= 4 is 11.8 Å². The second kappa shape index (κ2) is 5.11. The Morgan fingerprint density at radius 3 is 2.80 bits per heavy atom. The van der Waals surface area contributed by atoms with Gasteiger partial charge in [-0.15, -0.1) is 0 Å². The van der Waals surface area contributed by atoms with Gasteiger partial charge in [0.15, 0.2) is 0 Å². The van der Waals surface area contributed by atoms with Gasteiger partial charge in [0.2, 0.25) is 11.8 Å². The quantitative estimate of drug-likeness (QED) is 0.581. The van der Waals surface area contributed by atoms with Gasteiger partial charge in [-0.2, -0.15) is 0 Å².